The third-order valence-corrected chi connectivity index (χ3v) is 4.15. The molecule has 1 heterocycles. The van der Waals surface area contributed by atoms with Gasteiger partial charge in [0.15, 0.2) is 0 Å². The summed E-state index contributed by atoms with van der Waals surface area (Å²) in [5, 5.41) is 3.51. The molecule has 4 nitrogen and oxygen atoms in total. The number of hydrogen-bond acceptors (Lipinski definition) is 3. The Morgan fingerprint density at radius 3 is 2.81 bits per heavy atom. The molecule has 1 unspecified atom stereocenters. The summed E-state index contributed by atoms with van der Waals surface area (Å²) in [6.45, 7) is 7.94. The number of halogens is 1. The van der Waals surface area contributed by atoms with Crippen LogP contribution in [0, 0.1) is 0 Å². The van der Waals surface area contributed by atoms with E-state index in [1.54, 1.807) is 4.90 Å². The van der Waals surface area contributed by atoms with Crippen molar-refractivity contribution in [2.45, 2.75) is 45.4 Å². The van der Waals surface area contributed by atoms with Crippen molar-refractivity contribution < 1.29 is 9.53 Å². The molecule has 1 atom stereocenters. The molecule has 0 radical (unpaired) electrons. The summed E-state index contributed by atoms with van der Waals surface area (Å²) < 4.78 is 6.51. The van der Waals surface area contributed by atoms with Crippen molar-refractivity contribution in [1.29, 1.82) is 0 Å². The first-order valence-corrected chi connectivity index (χ1v) is 8.09. The molecule has 5 heteroatoms. The normalized spacial score (nSPS) is 18.9. The first-order valence-electron chi connectivity index (χ1n) is 7.30. The van der Waals surface area contributed by atoms with Gasteiger partial charge in [0.2, 0.25) is 0 Å². The second-order valence-electron chi connectivity index (χ2n) is 6.38. The predicted octanol–water partition coefficient (Wildman–Crippen LogP) is 3.55. The molecule has 0 saturated carbocycles. The van der Waals surface area contributed by atoms with Crippen molar-refractivity contribution >= 4 is 22.0 Å². The quantitative estimate of drug-likeness (QED) is 0.902. The van der Waals surface area contributed by atoms with Crippen LogP contribution in [0.5, 0.6) is 0 Å². The van der Waals surface area contributed by atoms with Crippen LogP contribution in [0.1, 0.15) is 32.8 Å². The predicted molar refractivity (Wildman–Crippen MR) is 87.2 cm³/mol. The lowest BCUT2D eigenvalue weighted by Gasteiger charge is -2.24. The minimum absolute atomic E-state index is 0.215. The number of carbonyl (C=O) groups excluding carboxylic acids is 1. The highest BCUT2D eigenvalue weighted by Gasteiger charge is 2.29. The first kappa shape index (κ1) is 16.3. The molecule has 116 valence electrons. The van der Waals surface area contributed by atoms with Crippen molar-refractivity contribution in [1.82, 2.24) is 10.2 Å². The van der Waals surface area contributed by atoms with Gasteiger partial charge in [-0.05, 0) is 38.8 Å². The Labute approximate surface area is 135 Å². The van der Waals surface area contributed by atoms with Crippen LogP contribution in [0.25, 0.3) is 0 Å². The summed E-state index contributed by atoms with van der Waals surface area (Å²) in [6.07, 6.45) is 0.747. The average Bonchev–Trinajstić information content (AvgIpc) is 2.85. The molecule has 0 bridgehead atoms. The Balaban J connectivity index is 1.80. The summed E-state index contributed by atoms with van der Waals surface area (Å²) >= 11 is 3.55. The van der Waals surface area contributed by atoms with Crippen LogP contribution in [0.4, 0.5) is 4.79 Å². The Morgan fingerprint density at radius 1 is 1.43 bits per heavy atom. The van der Waals surface area contributed by atoms with E-state index in [2.05, 4.69) is 27.3 Å². The number of carbonyl (C=O) groups is 1. The lowest BCUT2D eigenvalue weighted by atomic mass is 10.2. The Morgan fingerprint density at radius 2 is 2.14 bits per heavy atom. The van der Waals surface area contributed by atoms with E-state index in [0.29, 0.717) is 12.6 Å². The van der Waals surface area contributed by atoms with E-state index in [-0.39, 0.29) is 6.09 Å². The molecule has 0 spiro atoms. The summed E-state index contributed by atoms with van der Waals surface area (Å²) in [5.41, 5.74) is 0.797. The van der Waals surface area contributed by atoms with E-state index < -0.39 is 5.60 Å². The standard InChI is InChI=1S/C16H23BrN2O2/c1-16(2,3)21-15(20)19-9-8-13(11-19)18-10-12-6-4-5-7-14(12)17/h4-7,13,18H,8-11H2,1-3H3. The maximum absolute atomic E-state index is 12.0. The van der Waals surface area contributed by atoms with Crippen molar-refractivity contribution in [2.75, 3.05) is 13.1 Å². The van der Waals surface area contributed by atoms with Crippen LogP contribution in [0.2, 0.25) is 0 Å². The highest BCUT2D eigenvalue weighted by molar-refractivity contribution is 9.10. The third-order valence-electron chi connectivity index (χ3n) is 3.38. The van der Waals surface area contributed by atoms with E-state index in [1.807, 2.05) is 39.0 Å². The Bertz CT molecular complexity index is 499. The van der Waals surface area contributed by atoms with Crippen LogP contribution >= 0.6 is 15.9 Å². The van der Waals surface area contributed by atoms with Crippen LogP contribution < -0.4 is 5.32 Å². The lowest BCUT2D eigenvalue weighted by molar-refractivity contribution is 0.0291. The lowest BCUT2D eigenvalue weighted by Crippen LogP contribution is -2.38. The average molecular weight is 355 g/mol. The smallest absolute Gasteiger partial charge is 0.410 e. The molecule has 1 amide bonds. The van der Waals surface area contributed by atoms with Crippen LogP contribution in [-0.4, -0.2) is 35.7 Å². The number of hydrogen-bond donors (Lipinski definition) is 1. The Hall–Kier alpha value is -1.07. The summed E-state index contributed by atoms with van der Waals surface area (Å²) in [5.74, 6) is 0. The van der Waals surface area contributed by atoms with Crippen molar-refractivity contribution in [3.05, 3.63) is 34.3 Å². The number of nitrogens with one attached hydrogen (secondary N) is 1. The number of rotatable bonds is 3. The van der Waals surface area contributed by atoms with E-state index in [0.717, 1.165) is 24.0 Å². The zero-order chi connectivity index (χ0) is 15.5. The van der Waals surface area contributed by atoms with Gasteiger partial charge in [-0.25, -0.2) is 4.79 Å². The number of nitrogens with zero attached hydrogens (tertiary/aromatic N) is 1. The molecule has 1 aromatic rings. The van der Waals surface area contributed by atoms with Gasteiger partial charge in [-0.15, -0.1) is 0 Å². The largest absolute Gasteiger partial charge is 0.444 e. The number of benzene rings is 1. The number of ether oxygens (including phenoxy) is 1. The minimum atomic E-state index is -0.433. The summed E-state index contributed by atoms with van der Waals surface area (Å²) in [6, 6.07) is 8.50. The zero-order valence-electron chi connectivity index (χ0n) is 12.9. The van der Waals surface area contributed by atoms with Crippen LogP contribution in [0.3, 0.4) is 0 Å². The molecular weight excluding hydrogens is 332 g/mol. The van der Waals surface area contributed by atoms with E-state index >= 15 is 0 Å². The molecule has 1 aliphatic heterocycles. The molecule has 1 saturated heterocycles. The van der Waals surface area contributed by atoms with Gasteiger partial charge >= 0.3 is 6.09 Å². The summed E-state index contributed by atoms with van der Waals surface area (Å²) in [7, 11) is 0. The van der Waals surface area contributed by atoms with E-state index in [9.17, 15) is 4.79 Å². The maximum atomic E-state index is 12.0. The second-order valence-corrected chi connectivity index (χ2v) is 7.24. The molecule has 2 rings (SSSR count). The monoisotopic (exact) mass is 354 g/mol. The minimum Gasteiger partial charge on any atom is -0.444 e. The van der Waals surface area contributed by atoms with Gasteiger partial charge in [-0.1, -0.05) is 34.1 Å². The molecule has 0 aliphatic carbocycles. The molecule has 1 fully saturated rings. The fourth-order valence-corrected chi connectivity index (χ4v) is 2.74. The Kier molecular flexibility index (Phi) is 5.27. The SMILES string of the molecule is CC(C)(C)OC(=O)N1CCC(NCc2ccccc2Br)C1. The molecular formula is C16H23BrN2O2. The third kappa shape index (κ3) is 5.00. The van der Waals surface area contributed by atoms with Crippen molar-refractivity contribution in [3.8, 4) is 0 Å². The fraction of sp³-hybridized carbons (Fsp3) is 0.562. The van der Waals surface area contributed by atoms with Gasteiger partial charge < -0.3 is 15.0 Å². The second kappa shape index (κ2) is 6.79. The highest BCUT2D eigenvalue weighted by atomic mass is 79.9. The summed E-state index contributed by atoms with van der Waals surface area (Å²) in [4.78, 5) is 13.8. The van der Waals surface area contributed by atoms with Gasteiger partial charge in [-0.3, -0.25) is 0 Å². The van der Waals surface area contributed by atoms with E-state index in [4.69, 9.17) is 4.74 Å². The first-order chi connectivity index (χ1) is 9.85. The van der Waals surface area contributed by atoms with Crippen LogP contribution in [-0.2, 0) is 11.3 Å². The van der Waals surface area contributed by atoms with Crippen LogP contribution in [0.15, 0.2) is 28.7 Å². The van der Waals surface area contributed by atoms with E-state index in [1.165, 1.54) is 5.56 Å². The van der Waals surface area contributed by atoms with Gasteiger partial charge in [0, 0.05) is 30.1 Å². The molecule has 1 aliphatic rings. The van der Waals surface area contributed by atoms with Gasteiger partial charge in [0.25, 0.3) is 0 Å². The van der Waals surface area contributed by atoms with Gasteiger partial charge in [0.1, 0.15) is 5.60 Å². The molecule has 0 aromatic heterocycles. The molecule has 21 heavy (non-hydrogen) atoms. The van der Waals surface area contributed by atoms with Crippen molar-refractivity contribution in [2.24, 2.45) is 0 Å². The number of amides is 1. The number of likely N-dealkylation sites (tertiary alicyclic amines) is 1. The zero-order valence-corrected chi connectivity index (χ0v) is 14.4. The highest BCUT2D eigenvalue weighted by Crippen LogP contribution is 2.18. The molecule has 1 aromatic carbocycles. The van der Waals surface area contributed by atoms with Crippen molar-refractivity contribution in [3.63, 3.8) is 0 Å². The van der Waals surface area contributed by atoms with Gasteiger partial charge in [-0.2, -0.15) is 0 Å². The fourth-order valence-electron chi connectivity index (χ4n) is 2.32. The molecule has 1 N–H and O–H groups in total. The topological polar surface area (TPSA) is 41.6 Å². The van der Waals surface area contributed by atoms with Gasteiger partial charge in [0.05, 0.1) is 0 Å². The maximum Gasteiger partial charge on any atom is 0.410 e.